The molecule has 0 heterocycles. The zero-order chi connectivity index (χ0) is 32.4. The van der Waals surface area contributed by atoms with Gasteiger partial charge in [0.25, 0.3) is 0 Å². The Labute approximate surface area is 271 Å². The molecule has 0 saturated heterocycles. The molecule has 9 nitrogen and oxygen atoms in total. The van der Waals surface area contributed by atoms with E-state index in [0.29, 0.717) is 55.5 Å². The predicted octanol–water partition coefficient (Wildman–Crippen LogP) is 6.61. The molecule has 4 aromatic carbocycles. The molecule has 0 aliphatic heterocycles. The van der Waals surface area contributed by atoms with E-state index >= 15 is 0 Å². The highest BCUT2D eigenvalue weighted by atomic mass is 16.5. The number of urea groups is 1. The number of aliphatic hydroxyl groups excluding tert-OH is 2. The number of unbranched alkanes of at least 4 members (excludes halogenated alkanes) is 3. The average molecular weight is 628 g/mol. The fraction of sp³-hybridized carbons (Fsp3) is 0.324. The maximum atomic E-state index is 12.6. The number of phenols is 1. The van der Waals surface area contributed by atoms with Gasteiger partial charge in [0.2, 0.25) is 0 Å². The highest BCUT2D eigenvalue weighted by Gasteiger charge is 2.10. The molecule has 0 aliphatic carbocycles. The van der Waals surface area contributed by atoms with Crippen LogP contribution in [0.1, 0.15) is 48.5 Å². The van der Waals surface area contributed by atoms with Gasteiger partial charge in [0.15, 0.2) is 0 Å². The number of amides is 2. The van der Waals surface area contributed by atoms with Gasteiger partial charge in [-0.05, 0) is 78.0 Å². The van der Waals surface area contributed by atoms with Gasteiger partial charge < -0.3 is 40.7 Å². The van der Waals surface area contributed by atoms with Crippen LogP contribution in [0.2, 0.25) is 0 Å². The molecule has 0 spiro atoms. The number of anilines is 2. The van der Waals surface area contributed by atoms with Crippen molar-refractivity contribution in [3.63, 3.8) is 0 Å². The van der Waals surface area contributed by atoms with Gasteiger partial charge in [-0.3, -0.25) is 0 Å². The van der Waals surface area contributed by atoms with E-state index in [2.05, 4.69) is 16.0 Å². The van der Waals surface area contributed by atoms with E-state index in [9.17, 15) is 20.1 Å². The van der Waals surface area contributed by atoms with Crippen molar-refractivity contribution < 1.29 is 29.6 Å². The summed E-state index contributed by atoms with van der Waals surface area (Å²) < 4.78 is 11.5. The van der Waals surface area contributed by atoms with Gasteiger partial charge in [-0.2, -0.15) is 0 Å². The van der Waals surface area contributed by atoms with Crippen molar-refractivity contribution in [2.75, 3.05) is 43.5 Å². The van der Waals surface area contributed by atoms with Crippen LogP contribution in [0.5, 0.6) is 5.75 Å². The molecular formula is C37H45N3O6. The smallest absolute Gasteiger partial charge is 0.323 e. The summed E-state index contributed by atoms with van der Waals surface area (Å²) >= 11 is 0. The lowest BCUT2D eigenvalue weighted by atomic mass is 10.1. The third kappa shape index (κ3) is 11.9. The van der Waals surface area contributed by atoms with Crippen LogP contribution in [-0.4, -0.2) is 54.3 Å². The van der Waals surface area contributed by atoms with Crippen molar-refractivity contribution in [1.82, 2.24) is 5.32 Å². The number of hydrogen-bond acceptors (Lipinski definition) is 7. The number of carbonyl (C=O) groups is 1. The number of rotatable bonds is 19. The first-order chi connectivity index (χ1) is 22.5. The molecule has 0 bridgehead atoms. The quantitative estimate of drug-likeness (QED) is 0.0645. The summed E-state index contributed by atoms with van der Waals surface area (Å²) in [6, 6.07) is 29.9. The Morgan fingerprint density at radius 1 is 0.717 bits per heavy atom. The van der Waals surface area contributed by atoms with Crippen LogP contribution in [0.4, 0.5) is 16.2 Å². The van der Waals surface area contributed by atoms with Crippen molar-refractivity contribution >= 4 is 17.4 Å². The van der Waals surface area contributed by atoms with Gasteiger partial charge in [-0.1, -0.05) is 73.5 Å². The van der Waals surface area contributed by atoms with Crippen LogP contribution in [0.25, 0.3) is 11.1 Å². The molecule has 4 rings (SSSR count). The number of benzene rings is 4. The van der Waals surface area contributed by atoms with E-state index in [1.54, 1.807) is 12.1 Å². The zero-order valence-electron chi connectivity index (χ0n) is 26.2. The summed E-state index contributed by atoms with van der Waals surface area (Å²) in [5, 5.41) is 38.3. The Kier molecular flexibility index (Phi) is 14.5. The Bertz CT molecular complexity index is 1480. The molecule has 244 valence electrons. The lowest BCUT2D eigenvalue weighted by Crippen LogP contribution is -2.22. The standard InChI is InChI=1S/C37H45N3O6/c41-26-32-23-31(16-17-35(32)42)36(43)25-38-18-6-1-2-7-19-45-20-21-46-27-28-10-8-14-33(22-28)39-37(44)40-34-15-9-13-30(24-34)29-11-4-3-5-12-29/h3-5,8-17,22-24,36,38,41-43H,1-2,6-7,18-21,25-27H2,(H2,39,40,44)/t36-/m1/s1. The molecule has 9 heteroatoms. The second kappa shape index (κ2) is 19.3. The third-order valence-corrected chi connectivity index (χ3v) is 7.44. The van der Waals surface area contributed by atoms with Crippen molar-refractivity contribution in [3.8, 4) is 16.9 Å². The summed E-state index contributed by atoms with van der Waals surface area (Å²) in [5.41, 5.74) is 5.57. The van der Waals surface area contributed by atoms with Gasteiger partial charge in [0.1, 0.15) is 5.75 Å². The van der Waals surface area contributed by atoms with Crippen LogP contribution in [-0.2, 0) is 22.7 Å². The topological polar surface area (TPSA) is 132 Å². The second-order valence-corrected chi connectivity index (χ2v) is 11.1. The molecule has 0 fully saturated rings. The number of carbonyl (C=O) groups excluding carboxylic acids is 1. The highest BCUT2D eigenvalue weighted by Crippen LogP contribution is 2.23. The van der Waals surface area contributed by atoms with E-state index in [1.807, 2.05) is 78.9 Å². The van der Waals surface area contributed by atoms with Crippen LogP contribution < -0.4 is 16.0 Å². The molecule has 0 unspecified atom stereocenters. The maximum Gasteiger partial charge on any atom is 0.323 e. The lowest BCUT2D eigenvalue weighted by Gasteiger charge is -2.14. The van der Waals surface area contributed by atoms with Gasteiger partial charge in [0.05, 0.1) is 32.5 Å². The van der Waals surface area contributed by atoms with Gasteiger partial charge >= 0.3 is 6.03 Å². The van der Waals surface area contributed by atoms with Gasteiger partial charge in [-0.15, -0.1) is 0 Å². The zero-order valence-corrected chi connectivity index (χ0v) is 26.2. The number of ether oxygens (including phenoxy) is 2. The van der Waals surface area contributed by atoms with Gasteiger partial charge in [0, 0.05) is 30.1 Å². The Morgan fingerprint density at radius 3 is 2.24 bits per heavy atom. The molecule has 4 aromatic rings. The predicted molar refractivity (Wildman–Crippen MR) is 182 cm³/mol. The molecule has 46 heavy (non-hydrogen) atoms. The van der Waals surface area contributed by atoms with Gasteiger partial charge in [-0.25, -0.2) is 4.79 Å². The van der Waals surface area contributed by atoms with Crippen LogP contribution in [0.3, 0.4) is 0 Å². The van der Waals surface area contributed by atoms with E-state index in [1.165, 1.54) is 6.07 Å². The van der Waals surface area contributed by atoms with Crippen molar-refractivity contribution in [2.45, 2.75) is 45.0 Å². The molecular weight excluding hydrogens is 582 g/mol. The van der Waals surface area contributed by atoms with Crippen LogP contribution in [0, 0.1) is 0 Å². The minimum Gasteiger partial charge on any atom is -0.508 e. The fourth-order valence-corrected chi connectivity index (χ4v) is 4.95. The number of aliphatic hydroxyl groups is 2. The molecule has 2 amide bonds. The second-order valence-electron chi connectivity index (χ2n) is 11.1. The molecule has 0 radical (unpaired) electrons. The van der Waals surface area contributed by atoms with Crippen LogP contribution in [0.15, 0.2) is 97.1 Å². The summed E-state index contributed by atoms with van der Waals surface area (Å²) in [6.07, 6.45) is 3.42. The van der Waals surface area contributed by atoms with E-state index in [-0.39, 0.29) is 18.4 Å². The van der Waals surface area contributed by atoms with Crippen molar-refractivity contribution in [1.29, 1.82) is 0 Å². The number of hydrogen-bond donors (Lipinski definition) is 6. The summed E-state index contributed by atoms with van der Waals surface area (Å²) in [6.45, 7) is 3.09. The minimum absolute atomic E-state index is 0.0310. The normalized spacial score (nSPS) is 11.7. The average Bonchev–Trinajstić information content (AvgIpc) is 3.07. The highest BCUT2D eigenvalue weighted by molar-refractivity contribution is 6.00. The molecule has 0 aromatic heterocycles. The summed E-state index contributed by atoms with van der Waals surface area (Å²) in [5.74, 6) is 0.0310. The first-order valence-electron chi connectivity index (χ1n) is 15.8. The number of aromatic hydroxyl groups is 1. The van der Waals surface area contributed by atoms with Crippen molar-refractivity contribution in [3.05, 3.63) is 114 Å². The third-order valence-electron chi connectivity index (χ3n) is 7.44. The van der Waals surface area contributed by atoms with Crippen molar-refractivity contribution in [2.24, 2.45) is 0 Å². The largest absolute Gasteiger partial charge is 0.508 e. The monoisotopic (exact) mass is 627 g/mol. The molecule has 0 aliphatic rings. The maximum absolute atomic E-state index is 12.6. The Balaban J connectivity index is 1.01. The summed E-state index contributed by atoms with van der Waals surface area (Å²) in [4.78, 5) is 12.6. The molecule has 0 saturated carbocycles. The lowest BCUT2D eigenvalue weighted by molar-refractivity contribution is 0.0393. The van der Waals surface area contributed by atoms with Crippen LogP contribution >= 0.6 is 0 Å². The van der Waals surface area contributed by atoms with E-state index in [4.69, 9.17) is 9.47 Å². The number of nitrogens with one attached hydrogen (secondary N) is 3. The first kappa shape index (κ1) is 34.6. The van der Waals surface area contributed by atoms with E-state index < -0.39 is 6.10 Å². The first-order valence-corrected chi connectivity index (χ1v) is 15.8. The van der Waals surface area contributed by atoms with E-state index in [0.717, 1.165) is 48.9 Å². The Morgan fingerprint density at radius 2 is 1.43 bits per heavy atom. The Hall–Kier alpha value is -4.25. The minimum atomic E-state index is -0.691. The summed E-state index contributed by atoms with van der Waals surface area (Å²) in [7, 11) is 0. The molecule has 1 atom stereocenters. The SMILES string of the molecule is O=C(Nc1cccc(COCCOCCCCCCNC[C@@H](O)c2ccc(O)c(CO)c2)c1)Nc1cccc(-c2ccccc2)c1. The fourth-order valence-electron chi connectivity index (χ4n) is 4.95. The molecule has 6 N–H and O–H groups in total.